The van der Waals surface area contributed by atoms with Crippen molar-refractivity contribution in [1.29, 1.82) is 0 Å². The van der Waals surface area contributed by atoms with Gasteiger partial charge in [0.2, 0.25) is 0 Å². The molecule has 0 aliphatic carbocycles. The molecule has 132 valence electrons. The van der Waals surface area contributed by atoms with E-state index in [2.05, 4.69) is 26.1 Å². The Morgan fingerprint density at radius 2 is 1.84 bits per heavy atom. The molecule has 2 N–H and O–H groups in total. The van der Waals surface area contributed by atoms with E-state index in [4.69, 9.17) is 0 Å². The molecule has 4 nitrogen and oxygen atoms in total. The topological polar surface area (TPSA) is 66.4 Å². The highest BCUT2D eigenvalue weighted by molar-refractivity contribution is 7.09. The minimum Gasteiger partial charge on any atom is -0.477 e. The van der Waals surface area contributed by atoms with Crippen LogP contribution in [0, 0.1) is 0 Å². The highest BCUT2D eigenvalue weighted by Gasteiger charge is 2.16. The number of benzene rings is 1. The van der Waals surface area contributed by atoms with E-state index in [1.165, 1.54) is 4.88 Å². The number of aryl methyl sites for hydroxylation is 1. The molecule has 0 saturated carbocycles. The predicted octanol–water partition coefficient (Wildman–Crippen LogP) is 4.38. The SMILES string of the molecule is CC(C)(C)c1ccc(C(=O)N/C(=C/CCc2cccs2)C(=O)O)cc1. The molecular formula is C20H23NO3S. The quantitative estimate of drug-likeness (QED) is 0.754. The molecule has 1 heterocycles. The van der Waals surface area contributed by atoms with Crippen molar-refractivity contribution in [2.24, 2.45) is 0 Å². The standard InChI is InChI=1S/C20H23NO3S/c1-20(2,3)15-11-9-14(10-12-15)18(22)21-17(19(23)24)8-4-6-16-7-5-13-25-16/h5,7-13H,4,6H2,1-3H3,(H,21,22)(H,23,24)/b17-8+. The number of hydrogen-bond acceptors (Lipinski definition) is 3. The van der Waals surface area contributed by atoms with Crippen LogP contribution < -0.4 is 5.32 Å². The number of aliphatic carboxylic acids is 1. The van der Waals surface area contributed by atoms with E-state index in [1.807, 2.05) is 29.6 Å². The summed E-state index contributed by atoms with van der Waals surface area (Å²) < 4.78 is 0. The van der Waals surface area contributed by atoms with Crippen LogP contribution in [0.1, 0.15) is 48.0 Å². The van der Waals surface area contributed by atoms with E-state index >= 15 is 0 Å². The smallest absolute Gasteiger partial charge is 0.352 e. The molecule has 25 heavy (non-hydrogen) atoms. The zero-order valence-corrected chi connectivity index (χ0v) is 15.5. The van der Waals surface area contributed by atoms with Gasteiger partial charge in [0, 0.05) is 10.4 Å². The number of carboxylic acids is 1. The summed E-state index contributed by atoms with van der Waals surface area (Å²) in [6.45, 7) is 6.29. The minimum absolute atomic E-state index is 0.00290. The van der Waals surface area contributed by atoms with Crippen molar-refractivity contribution < 1.29 is 14.7 Å². The van der Waals surface area contributed by atoms with Crippen LogP contribution >= 0.6 is 11.3 Å². The lowest BCUT2D eigenvalue weighted by Gasteiger charge is -2.19. The second-order valence-electron chi connectivity index (χ2n) is 6.82. The Morgan fingerprint density at radius 1 is 1.16 bits per heavy atom. The first-order valence-electron chi connectivity index (χ1n) is 8.15. The van der Waals surface area contributed by atoms with Crippen LogP contribution in [0.5, 0.6) is 0 Å². The van der Waals surface area contributed by atoms with Gasteiger partial charge in [-0.15, -0.1) is 11.3 Å². The second-order valence-corrected chi connectivity index (χ2v) is 7.85. The van der Waals surface area contributed by atoms with Gasteiger partial charge in [0.15, 0.2) is 0 Å². The number of amides is 1. The van der Waals surface area contributed by atoms with Crippen LogP contribution in [0.3, 0.4) is 0 Å². The summed E-state index contributed by atoms with van der Waals surface area (Å²) in [5, 5.41) is 13.8. The number of hydrogen-bond donors (Lipinski definition) is 2. The summed E-state index contributed by atoms with van der Waals surface area (Å²) in [7, 11) is 0. The lowest BCUT2D eigenvalue weighted by Crippen LogP contribution is -2.27. The van der Waals surface area contributed by atoms with Gasteiger partial charge in [0.05, 0.1) is 0 Å². The molecule has 2 aromatic rings. The Bertz CT molecular complexity index is 753. The lowest BCUT2D eigenvalue weighted by atomic mass is 9.87. The highest BCUT2D eigenvalue weighted by Crippen LogP contribution is 2.22. The molecule has 0 atom stereocenters. The van der Waals surface area contributed by atoms with E-state index < -0.39 is 11.9 Å². The zero-order valence-electron chi connectivity index (χ0n) is 14.7. The number of nitrogens with one attached hydrogen (secondary N) is 1. The summed E-state index contributed by atoms with van der Waals surface area (Å²) in [5.41, 5.74) is 1.48. The Kier molecular flexibility index (Phi) is 6.15. The number of carbonyl (C=O) groups excluding carboxylic acids is 1. The molecule has 0 aliphatic heterocycles. The van der Waals surface area contributed by atoms with E-state index in [0.29, 0.717) is 12.0 Å². The Labute approximate surface area is 152 Å². The first-order valence-corrected chi connectivity index (χ1v) is 9.03. The maximum absolute atomic E-state index is 12.3. The third-order valence-electron chi connectivity index (χ3n) is 3.81. The molecule has 1 aromatic heterocycles. The molecule has 0 bridgehead atoms. The van der Waals surface area contributed by atoms with Gasteiger partial charge in [0.25, 0.3) is 5.91 Å². The normalized spacial score (nSPS) is 12.0. The number of carbonyl (C=O) groups is 2. The van der Waals surface area contributed by atoms with E-state index in [1.54, 1.807) is 29.5 Å². The summed E-state index contributed by atoms with van der Waals surface area (Å²) in [4.78, 5) is 24.8. The third kappa shape index (κ3) is 5.57. The summed E-state index contributed by atoms with van der Waals surface area (Å²) >= 11 is 1.63. The van der Waals surface area contributed by atoms with Crippen LogP contribution in [0.2, 0.25) is 0 Å². The average molecular weight is 357 g/mol. The van der Waals surface area contributed by atoms with Crippen LogP contribution in [-0.2, 0) is 16.6 Å². The number of allylic oxidation sites excluding steroid dienone is 1. The molecule has 2 rings (SSSR count). The van der Waals surface area contributed by atoms with Crippen molar-refractivity contribution in [3.05, 3.63) is 69.6 Å². The van der Waals surface area contributed by atoms with Gasteiger partial charge in [-0.1, -0.05) is 45.0 Å². The molecule has 1 amide bonds. The van der Waals surface area contributed by atoms with Crippen molar-refractivity contribution in [3.8, 4) is 0 Å². The van der Waals surface area contributed by atoms with Crippen molar-refractivity contribution >= 4 is 23.2 Å². The summed E-state index contributed by atoms with van der Waals surface area (Å²) in [5.74, 6) is -1.55. The summed E-state index contributed by atoms with van der Waals surface area (Å²) in [6, 6.07) is 11.2. The molecule has 0 saturated heterocycles. The molecule has 0 spiro atoms. The summed E-state index contributed by atoms with van der Waals surface area (Å²) in [6.07, 6.45) is 2.87. The zero-order chi connectivity index (χ0) is 18.4. The fourth-order valence-electron chi connectivity index (χ4n) is 2.32. The van der Waals surface area contributed by atoms with E-state index in [-0.39, 0.29) is 11.1 Å². The first-order chi connectivity index (χ1) is 11.8. The van der Waals surface area contributed by atoms with Crippen molar-refractivity contribution in [2.45, 2.75) is 39.0 Å². The average Bonchev–Trinajstić information content (AvgIpc) is 3.06. The maximum Gasteiger partial charge on any atom is 0.352 e. The van der Waals surface area contributed by atoms with E-state index in [0.717, 1.165) is 12.0 Å². The van der Waals surface area contributed by atoms with Crippen molar-refractivity contribution in [1.82, 2.24) is 5.32 Å². The highest BCUT2D eigenvalue weighted by atomic mass is 32.1. The predicted molar refractivity (Wildman–Crippen MR) is 101 cm³/mol. The van der Waals surface area contributed by atoms with Crippen LogP contribution in [0.15, 0.2) is 53.6 Å². The molecule has 5 heteroatoms. The van der Waals surface area contributed by atoms with Crippen molar-refractivity contribution in [2.75, 3.05) is 0 Å². The molecule has 0 aliphatic rings. The molecule has 0 radical (unpaired) electrons. The lowest BCUT2D eigenvalue weighted by molar-refractivity contribution is -0.133. The van der Waals surface area contributed by atoms with Crippen LogP contribution in [0.25, 0.3) is 0 Å². The number of carboxylic acid groups (broad SMARTS) is 1. The first kappa shape index (κ1) is 18.9. The monoisotopic (exact) mass is 357 g/mol. The van der Waals surface area contributed by atoms with Crippen LogP contribution in [0.4, 0.5) is 0 Å². The third-order valence-corrected chi connectivity index (χ3v) is 4.75. The van der Waals surface area contributed by atoms with E-state index in [9.17, 15) is 14.7 Å². The number of thiophene rings is 1. The fourth-order valence-corrected chi connectivity index (χ4v) is 3.05. The van der Waals surface area contributed by atoms with Gasteiger partial charge in [-0.05, 0) is 47.4 Å². The molecule has 1 aromatic carbocycles. The molecular weight excluding hydrogens is 334 g/mol. The maximum atomic E-state index is 12.3. The van der Waals surface area contributed by atoms with Crippen molar-refractivity contribution in [3.63, 3.8) is 0 Å². The van der Waals surface area contributed by atoms with Gasteiger partial charge in [-0.25, -0.2) is 4.79 Å². The largest absolute Gasteiger partial charge is 0.477 e. The second kappa shape index (κ2) is 8.12. The molecule has 0 unspecified atom stereocenters. The Hall–Kier alpha value is -2.40. The Balaban J connectivity index is 2.03. The van der Waals surface area contributed by atoms with Gasteiger partial charge in [-0.2, -0.15) is 0 Å². The number of rotatable bonds is 6. The van der Waals surface area contributed by atoms with Crippen LogP contribution in [-0.4, -0.2) is 17.0 Å². The van der Waals surface area contributed by atoms with Gasteiger partial charge < -0.3 is 10.4 Å². The minimum atomic E-state index is -1.13. The fraction of sp³-hybridized carbons (Fsp3) is 0.300. The Morgan fingerprint density at radius 3 is 2.36 bits per heavy atom. The van der Waals surface area contributed by atoms with Gasteiger partial charge in [-0.3, -0.25) is 4.79 Å². The van der Waals surface area contributed by atoms with Gasteiger partial charge >= 0.3 is 5.97 Å². The van der Waals surface area contributed by atoms with Gasteiger partial charge in [0.1, 0.15) is 5.70 Å². The molecule has 0 fully saturated rings.